The first kappa shape index (κ1) is 15.9. The molecule has 0 spiro atoms. The van der Waals surface area contributed by atoms with E-state index in [9.17, 15) is 0 Å². The Bertz CT molecular complexity index is 413. The van der Waals surface area contributed by atoms with Crippen LogP contribution in [-0.4, -0.2) is 80.3 Å². The summed E-state index contributed by atoms with van der Waals surface area (Å²) >= 11 is 0. The van der Waals surface area contributed by atoms with Gasteiger partial charge < -0.3 is 19.7 Å². The van der Waals surface area contributed by atoms with Crippen LogP contribution in [0.3, 0.4) is 0 Å². The Morgan fingerprint density at radius 3 is 2.29 bits per heavy atom. The second kappa shape index (κ2) is 8.11. The molecule has 0 bridgehead atoms. The van der Waals surface area contributed by atoms with Gasteiger partial charge in [0.15, 0.2) is 0 Å². The van der Waals surface area contributed by atoms with E-state index in [1.165, 1.54) is 6.33 Å². The van der Waals surface area contributed by atoms with Crippen LogP contribution in [0.25, 0.3) is 0 Å². The molecule has 7 heteroatoms. The van der Waals surface area contributed by atoms with Gasteiger partial charge in [0.1, 0.15) is 6.33 Å². The predicted octanol–water partition coefficient (Wildman–Crippen LogP) is -0.169. The van der Waals surface area contributed by atoms with Crippen LogP contribution in [-0.2, 0) is 6.54 Å². The molecule has 1 aliphatic heterocycles. The van der Waals surface area contributed by atoms with Crippen LogP contribution in [0.5, 0.6) is 11.8 Å². The zero-order valence-corrected chi connectivity index (χ0v) is 13.1. The van der Waals surface area contributed by atoms with Gasteiger partial charge in [-0.05, 0) is 7.05 Å². The van der Waals surface area contributed by atoms with Gasteiger partial charge in [-0.2, -0.15) is 0 Å². The summed E-state index contributed by atoms with van der Waals surface area (Å²) in [5, 5.41) is 3.41. The summed E-state index contributed by atoms with van der Waals surface area (Å²) in [7, 11) is 5.38. The zero-order chi connectivity index (χ0) is 15.1. The Kier molecular flexibility index (Phi) is 6.16. The van der Waals surface area contributed by atoms with Gasteiger partial charge in [-0.25, -0.2) is 9.97 Å². The van der Waals surface area contributed by atoms with Crippen molar-refractivity contribution in [2.75, 3.05) is 60.5 Å². The number of hydrogen-bond donors (Lipinski definition) is 1. The number of aromatic nitrogens is 2. The van der Waals surface area contributed by atoms with E-state index >= 15 is 0 Å². The van der Waals surface area contributed by atoms with E-state index in [1.807, 2.05) is 0 Å². The summed E-state index contributed by atoms with van der Waals surface area (Å²) in [6, 6.07) is 0. The summed E-state index contributed by atoms with van der Waals surface area (Å²) < 4.78 is 10.5. The van der Waals surface area contributed by atoms with E-state index in [-0.39, 0.29) is 0 Å². The zero-order valence-electron chi connectivity index (χ0n) is 13.1. The van der Waals surface area contributed by atoms with Gasteiger partial charge in [0, 0.05) is 45.8 Å². The fraction of sp³-hybridized carbons (Fsp3) is 0.714. The number of piperazine rings is 1. The minimum atomic E-state index is 0.564. The number of methoxy groups -OCH3 is 2. The van der Waals surface area contributed by atoms with Crippen LogP contribution in [0.2, 0.25) is 0 Å². The Balaban J connectivity index is 1.78. The molecule has 0 radical (unpaired) electrons. The van der Waals surface area contributed by atoms with Crippen molar-refractivity contribution in [3.05, 3.63) is 11.9 Å². The van der Waals surface area contributed by atoms with Crippen LogP contribution >= 0.6 is 0 Å². The van der Waals surface area contributed by atoms with Crippen LogP contribution in [0.15, 0.2) is 6.33 Å². The maximum absolute atomic E-state index is 5.26. The van der Waals surface area contributed by atoms with E-state index in [0.717, 1.165) is 44.8 Å². The van der Waals surface area contributed by atoms with Crippen molar-refractivity contribution in [3.63, 3.8) is 0 Å². The molecule has 1 fully saturated rings. The third-order valence-electron chi connectivity index (χ3n) is 3.76. The molecule has 0 amide bonds. The molecule has 7 nitrogen and oxygen atoms in total. The molecular weight excluding hydrogens is 270 g/mol. The Labute approximate surface area is 126 Å². The largest absolute Gasteiger partial charge is 0.481 e. The smallest absolute Gasteiger partial charge is 0.224 e. The lowest BCUT2D eigenvalue weighted by atomic mass is 10.3. The Hall–Kier alpha value is -1.44. The second-order valence-electron chi connectivity index (χ2n) is 5.19. The van der Waals surface area contributed by atoms with E-state index < -0.39 is 0 Å². The molecule has 1 aliphatic rings. The molecule has 0 aromatic carbocycles. The van der Waals surface area contributed by atoms with Crippen molar-refractivity contribution < 1.29 is 9.47 Å². The van der Waals surface area contributed by atoms with Crippen LogP contribution in [0, 0.1) is 0 Å². The molecule has 1 aromatic rings. The van der Waals surface area contributed by atoms with Gasteiger partial charge in [-0.15, -0.1) is 0 Å². The highest BCUT2D eigenvalue weighted by Gasteiger charge is 2.14. The molecule has 1 aromatic heterocycles. The van der Waals surface area contributed by atoms with Gasteiger partial charge in [-0.3, -0.25) is 4.90 Å². The maximum atomic E-state index is 5.26. The molecule has 2 heterocycles. The standard InChI is InChI=1S/C14H25N5O2/c1-18-6-8-19(9-7-18)5-4-15-10-12-13(20-2)16-11-17-14(12)21-3/h11,15H,4-10H2,1-3H3. The third kappa shape index (κ3) is 4.52. The summed E-state index contributed by atoms with van der Waals surface area (Å²) in [5.74, 6) is 1.13. The first-order chi connectivity index (χ1) is 10.2. The van der Waals surface area contributed by atoms with Crippen molar-refractivity contribution >= 4 is 0 Å². The Morgan fingerprint density at radius 2 is 1.71 bits per heavy atom. The van der Waals surface area contributed by atoms with Crippen molar-refractivity contribution in [3.8, 4) is 11.8 Å². The summed E-state index contributed by atoms with van der Waals surface area (Å²) in [6.45, 7) is 7.18. The molecule has 21 heavy (non-hydrogen) atoms. The highest BCUT2D eigenvalue weighted by Crippen LogP contribution is 2.22. The first-order valence-corrected chi connectivity index (χ1v) is 7.28. The normalized spacial score (nSPS) is 16.9. The van der Waals surface area contributed by atoms with Crippen LogP contribution < -0.4 is 14.8 Å². The minimum Gasteiger partial charge on any atom is -0.481 e. The van der Waals surface area contributed by atoms with Crippen molar-refractivity contribution in [1.29, 1.82) is 0 Å². The number of ether oxygens (including phenoxy) is 2. The highest BCUT2D eigenvalue weighted by molar-refractivity contribution is 5.34. The summed E-state index contributed by atoms with van der Waals surface area (Å²) in [5.41, 5.74) is 0.862. The average Bonchev–Trinajstić information content (AvgIpc) is 2.53. The Morgan fingerprint density at radius 1 is 1.10 bits per heavy atom. The van der Waals surface area contributed by atoms with Gasteiger partial charge in [0.05, 0.1) is 19.8 Å². The summed E-state index contributed by atoms with van der Waals surface area (Å²) in [6.07, 6.45) is 1.45. The molecule has 118 valence electrons. The maximum Gasteiger partial charge on any atom is 0.224 e. The van der Waals surface area contributed by atoms with Crippen LogP contribution in [0.1, 0.15) is 5.56 Å². The lowest BCUT2D eigenvalue weighted by Gasteiger charge is -2.32. The van der Waals surface area contributed by atoms with Gasteiger partial charge in [-0.1, -0.05) is 0 Å². The van der Waals surface area contributed by atoms with E-state index in [0.29, 0.717) is 18.3 Å². The predicted molar refractivity (Wildman–Crippen MR) is 80.8 cm³/mol. The highest BCUT2D eigenvalue weighted by atomic mass is 16.5. The summed E-state index contributed by atoms with van der Waals surface area (Å²) in [4.78, 5) is 13.1. The molecule has 1 saturated heterocycles. The van der Waals surface area contributed by atoms with Crippen molar-refractivity contribution in [2.45, 2.75) is 6.54 Å². The van der Waals surface area contributed by atoms with E-state index in [1.54, 1.807) is 14.2 Å². The molecule has 2 rings (SSSR count). The van der Waals surface area contributed by atoms with Crippen molar-refractivity contribution in [2.24, 2.45) is 0 Å². The molecular formula is C14H25N5O2. The monoisotopic (exact) mass is 295 g/mol. The van der Waals surface area contributed by atoms with Gasteiger partial charge >= 0.3 is 0 Å². The number of likely N-dealkylation sites (N-methyl/N-ethyl adjacent to an activating group) is 1. The number of rotatable bonds is 7. The third-order valence-corrected chi connectivity index (χ3v) is 3.76. The minimum absolute atomic E-state index is 0.564. The number of nitrogens with zero attached hydrogens (tertiary/aromatic N) is 4. The van der Waals surface area contributed by atoms with Crippen LogP contribution in [0.4, 0.5) is 0 Å². The topological polar surface area (TPSA) is 62.8 Å². The molecule has 0 aliphatic carbocycles. The van der Waals surface area contributed by atoms with E-state index in [2.05, 4.69) is 32.1 Å². The van der Waals surface area contributed by atoms with Crippen molar-refractivity contribution in [1.82, 2.24) is 25.1 Å². The second-order valence-corrected chi connectivity index (χ2v) is 5.19. The lowest BCUT2D eigenvalue weighted by Crippen LogP contribution is -2.46. The van der Waals surface area contributed by atoms with Gasteiger partial charge in [0.2, 0.25) is 11.8 Å². The molecule has 0 atom stereocenters. The molecule has 0 unspecified atom stereocenters. The quantitative estimate of drug-likeness (QED) is 0.701. The first-order valence-electron chi connectivity index (χ1n) is 7.28. The number of nitrogens with one attached hydrogen (secondary N) is 1. The van der Waals surface area contributed by atoms with Gasteiger partial charge in [0.25, 0.3) is 0 Å². The van der Waals surface area contributed by atoms with E-state index in [4.69, 9.17) is 9.47 Å². The fourth-order valence-electron chi connectivity index (χ4n) is 2.41. The fourth-order valence-corrected chi connectivity index (χ4v) is 2.41. The average molecular weight is 295 g/mol. The molecule has 0 saturated carbocycles. The SMILES string of the molecule is COc1ncnc(OC)c1CNCCN1CCN(C)CC1. The molecule has 1 N–H and O–H groups in total. The lowest BCUT2D eigenvalue weighted by molar-refractivity contribution is 0.154. The number of hydrogen-bond acceptors (Lipinski definition) is 7.